The summed E-state index contributed by atoms with van der Waals surface area (Å²) in [5, 5.41) is 3.84. The Labute approximate surface area is 202 Å². The van der Waals surface area contributed by atoms with Gasteiger partial charge >= 0.3 is 0 Å². The fraction of sp³-hybridized carbons (Fsp3) is 0.458. The molecule has 9 heteroatoms. The molecule has 0 saturated carbocycles. The Kier molecular flexibility index (Phi) is 7.11. The van der Waals surface area contributed by atoms with Gasteiger partial charge in [-0.3, -0.25) is 14.2 Å². The highest BCUT2D eigenvalue weighted by Gasteiger charge is 2.23. The number of hydrogen-bond acceptors (Lipinski definition) is 7. The van der Waals surface area contributed by atoms with Crippen LogP contribution in [0.15, 0.2) is 34.2 Å². The first-order valence-electron chi connectivity index (χ1n) is 11.2. The van der Waals surface area contributed by atoms with Gasteiger partial charge in [-0.05, 0) is 64.4 Å². The van der Waals surface area contributed by atoms with Crippen LogP contribution in [-0.2, 0) is 9.53 Å². The average Bonchev–Trinajstić information content (AvgIpc) is 3.08. The van der Waals surface area contributed by atoms with Crippen molar-refractivity contribution in [3.05, 3.63) is 45.1 Å². The van der Waals surface area contributed by atoms with E-state index in [0.29, 0.717) is 10.5 Å². The van der Waals surface area contributed by atoms with E-state index in [-0.39, 0.29) is 17.5 Å². The third-order valence-electron chi connectivity index (χ3n) is 5.88. The molecule has 1 amide bonds. The second-order valence-corrected chi connectivity index (χ2v) is 11.0. The molecular weight excluding hydrogens is 456 g/mol. The van der Waals surface area contributed by atoms with Gasteiger partial charge in [0.2, 0.25) is 5.91 Å². The second-order valence-electron chi connectivity index (χ2n) is 8.52. The maximum Gasteiger partial charge on any atom is 0.263 e. The topological polar surface area (TPSA) is 76.5 Å². The lowest BCUT2D eigenvalue weighted by molar-refractivity contribution is -0.115. The molecule has 1 aromatic carbocycles. The van der Waals surface area contributed by atoms with Crippen molar-refractivity contribution in [3.8, 4) is 0 Å². The molecule has 1 atom stereocenters. The zero-order chi connectivity index (χ0) is 23.7. The molecular formula is C24H30N4O3S2. The molecule has 1 unspecified atom stereocenters. The third kappa shape index (κ3) is 4.95. The van der Waals surface area contributed by atoms with E-state index < -0.39 is 5.25 Å². The number of amides is 1. The Hall–Kier alpha value is -2.36. The largest absolute Gasteiger partial charge is 0.378 e. The van der Waals surface area contributed by atoms with Crippen LogP contribution in [-0.4, -0.2) is 47.0 Å². The van der Waals surface area contributed by atoms with E-state index >= 15 is 0 Å². The van der Waals surface area contributed by atoms with Gasteiger partial charge in [-0.25, -0.2) is 4.98 Å². The summed E-state index contributed by atoms with van der Waals surface area (Å²) in [6, 6.07) is 7.83. The van der Waals surface area contributed by atoms with Crippen LogP contribution >= 0.6 is 23.1 Å². The minimum Gasteiger partial charge on any atom is -0.378 e. The second kappa shape index (κ2) is 9.87. The van der Waals surface area contributed by atoms with Crippen molar-refractivity contribution in [2.24, 2.45) is 0 Å². The maximum absolute atomic E-state index is 13.2. The summed E-state index contributed by atoms with van der Waals surface area (Å²) in [7, 11) is 0. The minimum atomic E-state index is -0.416. The number of anilines is 2. The predicted molar refractivity (Wildman–Crippen MR) is 137 cm³/mol. The molecule has 3 aromatic rings. The molecule has 0 spiro atoms. The van der Waals surface area contributed by atoms with Crippen molar-refractivity contribution >= 4 is 50.6 Å². The number of nitrogens with one attached hydrogen (secondary N) is 1. The molecule has 176 valence electrons. The summed E-state index contributed by atoms with van der Waals surface area (Å²) in [5.74, 6) is -0.123. The number of thioether (sulfide) groups is 1. The molecule has 33 heavy (non-hydrogen) atoms. The highest BCUT2D eigenvalue weighted by atomic mass is 32.2. The predicted octanol–water partition coefficient (Wildman–Crippen LogP) is 4.61. The Morgan fingerprint density at radius 2 is 1.82 bits per heavy atom. The number of nitrogens with zero attached hydrogens (tertiary/aromatic N) is 3. The van der Waals surface area contributed by atoms with Crippen LogP contribution in [0.5, 0.6) is 0 Å². The zero-order valence-electron chi connectivity index (χ0n) is 19.7. The Balaban J connectivity index is 1.50. The van der Waals surface area contributed by atoms with Crippen molar-refractivity contribution in [3.63, 3.8) is 0 Å². The number of hydrogen-bond donors (Lipinski definition) is 1. The molecule has 3 heterocycles. The highest BCUT2D eigenvalue weighted by Crippen LogP contribution is 2.31. The van der Waals surface area contributed by atoms with Crippen molar-refractivity contribution in [2.45, 2.75) is 51.1 Å². The normalized spacial score (nSPS) is 15.3. The molecule has 4 rings (SSSR count). The quantitative estimate of drug-likeness (QED) is 0.405. The molecule has 1 aliphatic rings. The van der Waals surface area contributed by atoms with Gasteiger partial charge in [0, 0.05) is 35.4 Å². The summed E-state index contributed by atoms with van der Waals surface area (Å²) < 4.78 is 7.11. The van der Waals surface area contributed by atoms with Gasteiger partial charge in [-0.15, -0.1) is 11.3 Å². The highest BCUT2D eigenvalue weighted by molar-refractivity contribution is 8.00. The van der Waals surface area contributed by atoms with E-state index in [9.17, 15) is 9.59 Å². The lowest BCUT2D eigenvalue weighted by atomic mass is 10.2. The number of carbonyl (C=O) groups excluding carboxylic acids is 1. The maximum atomic E-state index is 13.2. The number of benzene rings is 1. The van der Waals surface area contributed by atoms with Crippen LogP contribution in [0.1, 0.15) is 37.3 Å². The van der Waals surface area contributed by atoms with E-state index in [2.05, 4.69) is 10.2 Å². The standard InChI is InChI=1S/C24H30N4O3S2/c1-14(2)28-23(30)20-15(3)16(4)32-22(20)26-24(28)33-17(5)21(29)25-18-6-8-19(9-7-18)27-10-12-31-13-11-27/h6-9,14,17H,10-13H2,1-5H3,(H,25,29). The van der Waals surface area contributed by atoms with E-state index in [1.165, 1.54) is 23.1 Å². The number of rotatable bonds is 6. The third-order valence-corrected chi connectivity index (χ3v) is 8.05. The monoisotopic (exact) mass is 486 g/mol. The lowest BCUT2D eigenvalue weighted by Gasteiger charge is -2.29. The van der Waals surface area contributed by atoms with E-state index in [1.807, 2.05) is 58.9 Å². The molecule has 1 fully saturated rings. The van der Waals surface area contributed by atoms with Crippen LogP contribution in [0.25, 0.3) is 10.2 Å². The molecule has 0 radical (unpaired) electrons. The van der Waals surface area contributed by atoms with E-state index in [4.69, 9.17) is 9.72 Å². The van der Waals surface area contributed by atoms with E-state index in [0.717, 1.165) is 52.9 Å². The van der Waals surface area contributed by atoms with Gasteiger partial charge in [-0.1, -0.05) is 11.8 Å². The van der Waals surface area contributed by atoms with Crippen LogP contribution in [0.4, 0.5) is 11.4 Å². The molecule has 0 bridgehead atoms. The van der Waals surface area contributed by atoms with Crippen molar-refractivity contribution in [2.75, 3.05) is 36.5 Å². The number of morpholine rings is 1. The molecule has 0 aliphatic carbocycles. The van der Waals surface area contributed by atoms with Gasteiger partial charge < -0.3 is 15.0 Å². The summed E-state index contributed by atoms with van der Waals surface area (Å²) in [5.41, 5.74) is 2.83. The summed E-state index contributed by atoms with van der Waals surface area (Å²) in [4.78, 5) is 35.0. The first-order valence-corrected chi connectivity index (χ1v) is 12.9. The van der Waals surface area contributed by atoms with Gasteiger partial charge in [0.15, 0.2) is 5.16 Å². The number of ether oxygens (including phenoxy) is 1. The molecule has 7 nitrogen and oxygen atoms in total. The Bertz CT molecular complexity index is 1210. The number of thiophene rings is 1. The number of fused-ring (bicyclic) bond motifs is 1. The van der Waals surface area contributed by atoms with E-state index in [1.54, 1.807) is 4.57 Å². The first kappa shape index (κ1) is 23.8. The average molecular weight is 487 g/mol. The van der Waals surface area contributed by atoms with Crippen LogP contribution < -0.4 is 15.8 Å². The van der Waals surface area contributed by atoms with Gasteiger partial charge in [0.05, 0.1) is 23.8 Å². The number of aromatic nitrogens is 2. The van der Waals surface area contributed by atoms with Crippen molar-refractivity contribution in [1.82, 2.24) is 9.55 Å². The SMILES string of the molecule is Cc1sc2nc(SC(C)C(=O)Nc3ccc(N4CCOCC4)cc3)n(C(C)C)c(=O)c2c1C. The van der Waals surface area contributed by atoms with Gasteiger partial charge in [-0.2, -0.15) is 0 Å². The number of carbonyl (C=O) groups is 1. The Morgan fingerprint density at radius 1 is 1.15 bits per heavy atom. The lowest BCUT2D eigenvalue weighted by Crippen LogP contribution is -2.36. The molecule has 1 saturated heterocycles. The summed E-state index contributed by atoms with van der Waals surface area (Å²) in [6.07, 6.45) is 0. The minimum absolute atomic E-state index is 0.0364. The van der Waals surface area contributed by atoms with Crippen LogP contribution in [0, 0.1) is 13.8 Å². The van der Waals surface area contributed by atoms with Crippen molar-refractivity contribution in [1.29, 1.82) is 0 Å². The fourth-order valence-electron chi connectivity index (χ4n) is 3.86. The van der Waals surface area contributed by atoms with Crippen LogP contribution in [0.3, 0.4) is 0 Å². The summed E-state index contributed by atoms with van der Waals surface area (Å²) in [6.45, 7) is 13.0. The Morgan fingerprint density at radius 3 is 2.45 bits per heavy atom. The number of aryl methyl sites for hydroxylation is 2. The first-order chi connectivity index (χ1) is 15.8. The smallest absolute Gasteiger partial charge is 0.263 e. The van der Waals surface area contributed by atoms with Crippen molar-refractivity contribution < 1.29 is 9.53 Å². The zero-order valence-corrected chi connectivity index (χ0v) is 21.3. The van der Waals surface area contributed by atoms with Gasteiger partial charge in [0.25, 0.3) is 5.56 Å². The fourth-order valence-corrected chi connectivity index (χ4v) is 5.97. The molecule has 1 N–H and O–H groups in total. The molecule has 2 aromatic heterocycles. The summed E-state index contributed by atoms with van der Waals surface area (Å²) >= 11 is 2.85. The van der Waals surface area contributed by atoms with Crippen LogP contribution in [0.2, 0.25) is 0 Å². The molecule has 1 aliphatic heterocycles. The van der Waals surface area contributed by atoms with Gasteiger partial charge in [0.1, 0.15) is 4.83 Å².